The van der Waals surface area contributed by atoms with Crippen molar-refractivity contribution >= 4 is 18.7 Å². The molecule has 0 atom stereocenters. The van der Waals surface area contributed by atoms with E-state index in [4.69, 9.17) is 0 Å². The van der Waals surface area contributed by atoms with Crippen molar-refractivity contribution in [1.29, 1.82) is 0 Å². The molecule has 12 heavy (non-hydrogen) atoms. The van der Waals surface area contributed by atoms with Crippen LogP contribution in [-0.4, -0.2) is 6.29 Å². The Balaban J connectivity index is 0.000000720. The molecule has 0 aliphatic carbocycles. The minimum atomic E-state index is 0. The molecular formula is C9H10ClNO. The van der Waals surface area contributed by atoms with Crippen molar-refractivity contribution in [2.45, 2.75) is 13.1 Å². The highest BCUT2D eigenvalue weighted by atomic mass is 35.5. The summed E-state index contributed by atoms with van der Waals surface area (Å²) in [6.45, 7) is 1.84. The van der Waals surface area contributed by atoms with Gasteiger partial charge < -0.3 is 5.32 Å². The molecule has 2 nitrogen and oxygen atoms in total. The molecule has 64 valence electrons. The molecule has 0 amide bonds. The molecule has 0 saturated heterocycles. The first-order valence-electron chi connectivity index (χ1n) is 3.68. The molecule has 3 heteroatoms. The van der Waals surface area contributed by atoms with Crippen molar-refractivity contribution < 1.29 is 4.79 Å². The lowest BCUT2D eigenvalue weighted by atomic mass is 10.1. The molecule has 1 aromatic rings. The number of fused-ring (bicyclic) bond motifs is 1. The highest BCUT2D eigenvalue weighted by Crippen LogP contribution is 2.15. The lowest BCUT2D eigenvalue weighted by Crippen LogP contribution is -1.99. The van der Waals surface area contributed by atoms with Gasteiger partial charge in [-0.1, -0.05) is 12.1 Å². The van der Waals surface area contributed by atoms with Crippen molar-refractivity contribution in [2.24, 2.45) is 0 Å². The smallest absolute Gasteiger partial charge is 0.150 e. The van der Waals surface area contributed by atoms with Crippen LogP contribution in [0.4, 0.5) is 0 Å². The predicted molar refractivity (Wildman–Crippen MR) is 49.6 cm³/mol. The van der Waals surface area contributed by atoms with Crippen LogP contribution in [0.25, 0.3) is 0 Å². The summed E-state index contributed by atoms with van der Waals surface area (Å²) in [5, 5.41) is 3.22. The third-order valence-electron chi connectivity index (χ3n) is 2.00. The van der Waals surface area contributed by atoms with E-state index < -0.39 is 0 Å². The molecule has 1 heterocycles. The van der Waals surface area contributed by atoms with Gasteiger partial charge in [-0.3, -0.25) is 4.79 Å². The predicted octanol–water partition coefficient (Wildman–Crippen LogP) is 1.52. The van der Waals surface area contributed by atoms with E-state index in [1.807, 2.05) is 18.2 Å². The Morgan fingerprint density at radius 3 is 2.75 bits per heavy atom. The second-order valence-electron chi connectivity index (χ2n) is 2.75. The summed E-state index contributed by atoms with van der Waals surface area (Å²) in [6, 6.07) is 5.82. The van der Waals surface area contributed by atoms with Crippen LogP contribution in [-0.2, 0) is 13.1 Å². The van der Waals surface area contributed by atoms with Crippen LogP contribution in [0.5, 0.6) is 0 Å². The van der Waals surface area contributed by atoms with Crippen LogP contribution in [0.1, 0.15) is 21.5 Å². The Labute approximate surface area is 77.4 Å². The zero-order valence-electron chi connectivity index (χ0n) is 6.54. The lowest BCUT2D eigenvalue weighted by molar-refractivity contribution is 0.112. The zero-order chi connectivity index (χ0) is 7.68. The quantitative estimate of drug-likeness (QED) is 0.669. The van der Waals surface area contributed by atoms with Gasteiger partial charge in [0.2, 0.25) is 0 Å². The van der Waals surface area contributed by atoms with Gasteiger partial charge in [-0.25, -0.2) is 0 Å². The third kappa shape index (κ3) is 1.49. The second-order valence-corrected chi connectivity index (χ2v) is 2.75. The molecule has 0 aromatic heterocycles. The number of carbonyl (C=O) groups excluding carboxylic acids is 1. The van der Waals surface area contributed by atoms with E-state index in [1.54, 1.807) is 0 Å². The van der Waals surface area contributed by atoms with Gasteiger partial charge in [-0.05, 0) is 17.2 Å². The van der Waals surface area contributed by atoms with Crippen LogP contribution in [0.2, 0.25) is 0 Å². The first-order valence-corrected chi connectivity index (χ1v) is 3.68. The standard InChI is InChI=1S/C9H9NO.ClH/c11-6-7-1-2-8-4-10-5-9(8)3-7;/h1-3,6,10H,4-5H2;1H. The van der Waals surface area contributed by atoms with E-state index in [1.165, 1.54) is 11.1 Å². The van der Waals surface area contributed by atoms with Crippen molar-refractivity contribution in [2.75, 3.05) is 0 Å². The van der Waals surface area contributed by atoms with Gasteiger partial charge in [0.1, 0.15) is 6.29 Å². The first-order chi connectivity index (χ1) is 5.40. The maximum absolute atomic E-state index is 10.4. The number of rotatable bonds is 1. The Bertz CT molecular complexity index is 299. The molecule has 1 N–H and O–H groups in total. The molecule has 0 unspecified atom stereocenters. The van der Waals surface area contributed by atoms with Crippen molar-refractivity contribution in [1.82, 2.24) is 5.32 Å². The summed E-state index contributed by atoms with van der Waals surface area (Å²) in [6.07, 6.45) is 0.888. The van der Waals surface area contributed by atoms with E-state index in [2.05, 4.69) is 5.32 Å². The molecule has 0 bridgehead atoms. The number of halogens is 1. The Morgan fingerprint density at radius 2 is 2.00 bits per heavy atom. The molecule has 1 aliphatic heterocycles. The number of benzene rings is 1. The summed E-state index contributed by atoms with van der Waals surface area (Å²) in [5.41, 5.74) is 3.35. The Morgan fingerprint density at radius 1 is 1.25 bits per heavy atom. The fraction of sp³-hybridized carbons (Fsp3) is 0.222. The van der Waals surface area contributed by atoms with Gasteiger partial charge >= 0.3 is 0 Å². The van der Waals surface area contributed by atoms with Gasteiger partial charge in [-0.15, -0.1) is 12.4 Å². The number of carbonyl (C=O) groups is 1. The summed E-state index contributed by atoms with van der Waals surface area (Å²) in [5.74, 6) is 0. The molecule has 2 rings (SSSR count). The second kappa shape index (κ2) is 3.70. The van der Waals surface area contributed by atoms with Crippen molar-refractivity contribution in [3.05, 3.63) is 34.9 Å². The first kappa shape index (κ1) is 9.23. The van der Waals surface area contributed by atoms with Gasteiger partial charge in [0.15, 0.2) is 0 Å². The number of nitrogens with one attached hydrogen (secondary N) is 1. The van der Waals surface area contributed by atoms with Crippen LogP contribution in [0.3, 0.4) is 0 Å². The monoisotopic (exact) mass is 183 g/mol. The van der Waals surface area contributed by atoms with Crippen molar-refractivity contribution in [3.63, 3.8) is 0 Å². The van der Waals surface area contributed by atoms with Crippen LogP contribution in [0, 0.1) is 0 Å². The third-order valence-corrected chi connectivity index (χ3v) is 2.00. The van der Waals surface area contributed by atoms with E-state index in [-0.39, 0.29) is 12.4 Å². The molecule has 1 aliphatic rings. The summed E-state index contributed by atoms with van der Waals surface area (Å²) < 4.78 is 0. The fourth-order valence-corrected chi connectivity index (χ4v) is 1.39. The Kier molecular flexibility index (Phi) is 2.84. The van der Waals surface area contributed by atoms with Gasteiger partial charge in [0, 0.05) is 18.7 Å². The largest absolute Gasteiger partial charge is 0.309 e. The normalized spacial score (nSPS) is 13.3. The minimum absolute atomic E-state index is 0. The maximum atomic E-state index is 10.4. The minimum Gasteiger partial charge on any atom is -0.309 e. The summed E-state index contributed by atoms with van der Waals surface area (Å²) in [7, 11) is 0. The van der Waals surface area contributed by atoms with E-state index in [9.17, 15) is 4.79 Å². The zero-order valence-corrected chi connectivity index (χ0v) is 7.36. The van der Waals surface area contributed by atoms with Crippen molar-refractivity contribution in [3.8, 4) is 0 Å². The van der Waals surface area contributed by atoms with E-state index >= 15 is 0 Å². The van der Waals surface area contributed by atoms with E-state index in [0.29, 0.717) is 0 Å². The van der Waals surface area contributed by atoms with E-state index in [0.717, 1.165) is 24.9 Å². The lowest BCUT2D eigenvalue weighted by Gasteiger charge is -1.96. The topological polar surface area (TPSA) is 29.1 Å². The van der Waals surface area contributed by atoms with Crippen LogP contribution in [0.15, 0.2) is 18.2 Å². The summed E-state index contributed by atoms with van der Waals surface area (Å²) >= 11 is 0. The molecular weight excluding hydrogens is 174 g/mol. The van der Waals surface area contributed by atoms with Gasteiger partial charge in [-0.2, -0.15) is 0 Å². The highest BCUT2D eigenvalue weighted by Gasteiger charge is 2.08. The molecule has 0 spiro atoms. The molecule has 1 aromatic carbocycles. The molecule has 0 saturated carbocycles. The van der Waals surface area contributed by atoms with Crippen LogP contribution < -0.4 is 5.32 Å². The maximum Gasteiger partial charge on any atom is 0.150 e. The summed E-state index contributed by atoms with van der Waals surface area (Å²) in [4.78, 5) is 10.4. The SMILES string of the molecule is Cl.O=Cc1ccc2c(c1)CNC2. The number of hydrogen-bond acceptors (Lipinski definition) is 2. The Hall–Kier alpha value is -0.860. The van der Waals surface area contributed by atoms with Gasteiger partial charge in [0.05, 0.1) is 0 Å². The molecule has 0 radical (unpaired) electrons. The number of hydrogen-bond donors (Lipinski definition) is 1. The van der Waals surface area contributed by atoms with Crippen LogP contribution >= 0.6 is 12.4 Å². The fourth-order valence-electron chi connectivity index (χ4n) is 1.39. The average Bonchev–Trinajstić information content (AvgIpc) is 2.50. The average molecular weight is 184 g/mol. The highest BCUT2D eigenvalue weighted by molar-refractivity contribution is 5.85. The van der Waals surface area contributed by atoms with Gasteiger partial charge in [0.25, 0.3) is 0 Å². The number of aldehydes is 1. The molecule has 0 fully saturated rings.